The Morgan fingerprint density at radius 2 is 2.33 bits per heavy atom. The number of rotatable bonds is 1. The minimum Gasteiger partial charge on any atom is -0.373 e. The van der Waals surface area contributed by atoms with Crippen molar-refractivity contribution < 1.29 is 4.79 Å². The summed E-state index contributed by atoms with van der Waals surface area (Å²) in [6.45, 7) is 0.820. The molecule has 1 aromatic carbocycles. The molecule has 5 heteroatoms. The van der Waals surface area contributed by atoms with E-state index in [4.69, 9.17) is 17.3 Å². The van der Waals surface area contributed by atoms with E-state index in [1.165, 1.54) is 0 Å². The number of nitrogens with one attached hydrogen (secondary N) is 1. The number of carbonyl (C=O) groups is 1. The van der Waals surface area contributed by atoms with Crippen LogP contribution in [0.2, 0.25) is 5.02 Å². The number of aromatic amines is 1. The van der Waals surface area contributed by atoms with Gasteiger partial charge in [-0.1, -0.05) is 11.6 Å². The number of nitrogens with two attached hydrogens (primary N) is 1. The molecular weight excluding hydrogens is 250 g/mol. The Balaban J connectivity index is 2.29. The number of hydrogen-bond acceptors (Lipinski definition) is 2. The van der Waals surface area contributed by atoms with E-state index in [-0.39, 0.29) is 11.8 Å². The molecule has 0 saturated heterocycles. The molecule has 0 radical (unpaired) electrons. The van der Waals surface area contributed by atoms with Gasteiger partial charge in [-0.05, 0) is 24.6 Å². The van der Waals surface area contributed by atoms with Gasteiger partial charge in [0.15, 0.2) is 0 Å². The first-order valence-corrected chi connectivity index (χ1v) is 6.27. The molecule has 1 aliphatic rings. The van der Waals surface area contributed by atoms with E-state index in [2.05, 4.69) is 9.88 Å². The number of anilines is 1. The molecule has 2 heterocycles. The van der Waals surface area contributed by atoms with Crippen molar-refractivity contribution in [2.24, 2.45) is 5.73 Å². The van der Waals surface area contributed by atoms with Crippen molar-refractivity contribution in [3.8, 4) is 0 Å². The van der Waals surface area contributed by atoms with Gasteiger partial charge in [0.25, 0.3) is 0 Å². The molecule has 0 unspecified atom stereocenters. The van der Waals surface area contributed by atoms with Crippen LogP contribution in [0, 0.1) is 0 Å². The molecule has 94 valence electrons. The third-order valence-corrected chi connectivity index (χ3v) is 3.82. The summed E-state index contributed by atoms with van der Waals surface area (Å²) in [6.07, 6.45) is 0.749. The normalized spacial score (nSPS) is 19.0. The highest BCUT2D eigenvalue weighted by Crippen LogP contribution is 2.40. The average Bonchev–Trinajstić information content (AvgIpc) is 2.68. The lowest BCUT2D eigenvalue weighted by molar-refractivity contribution is -0.119. The highest BCUT2D eigenvalue weighted by atomic mass is 35.5. The van der Waals surface area contributed by atoms with Crippen LogP contribution in [0.1, 0.15) is 18.0 Å². The predicted molar refractivity (Wildman–Crippen MR) is 73.1 cm³/mol. The summed E-state index contributed by atoms with van der Waals surface area (Å²) in [5.41, 5.74) is 8.42. The monoisotopic (exact) mass is 263 g/mol. The van der Waals surface area contributed by atoms with Gasteiger partial charge >= 0.3 is 0 Å². The van der Waals surface area contributed by atoms with Crippen LogP contribution in [0.5, 0.6) is 0 Å². The lowest BCUT2D eigenvalue weighted by Gasteiger charge is -2.29. The number of amides is 1. The SMILES string of the molecule is CN1CC[C@H](C(N)=O)c2[nH]c3ccc(Cl)cc3c21. The molecule has 3 N–H and O–H groups in total. The molecule has 1 amide bonds. The molecule has 1 aromatic heterocycles. The van der Waals surface area contributed by atoms with E-state index in [0.717, 1.165) is 35.2 Å². The van der Waals surface area contributed by atoms with Gasteiger partial charge in [-0.3, -0.25) is 4.79 Å². The van der Waals surface area contributed by atoms with E-state index in [1.54, 1.807) is 0 Å². The van der Waals surface area contributed by atoms with Crippen molar-refractivity contribution in [1.82, 2.24) is 4.98 Å². The highest BCUT2D eigenvalue weighted by Gasteiger charge is 2.30. The van der Waals surface area contributed by atoms with E-state index in [1.807, 2.05) is 25.2 Å². The Labute approximate surface area is 110 Å². The van der Waals surface area contributed by atoms with E-state index < -0.39 is 0 Å². The topological polar surface area (TPSA) is 62.1 Å². The van der Waals surface area contributed by atoms with Crippen LogP contribution in [0.4, 0.5) is 5.69 Å². The van der Waals surface area contributed by atoms with E-state index in [0.29, 0.717) is 5.02 Å². The Bertz CT molecular complexity index is 634. The lowest BCUT2D eigenvalue weighted by atomic mass is 9.95. The van der Waals surface area contributed by atoms with Crippen LogP contribution in [0.15, 0.2) is 18.2 Å². The van der Waals surface area contributed by atoms with Crippen molar-refractivity contribution in [2.45, 2.75) is 12.3 Å². The van der Waals surface area contributed by atoms with Gasteiger partial charge in [0.2, 0.25) is 5.91 Å². The molecule has 1 atom stereocenters. The molecule has 0 fully saturated rings. The highest BCUT2D eigenvalue weighted by molar-refractivity contribution is 6.31. The van der Waals surface area contributed by atoms with E-state index in [9.17, 15) is 4.79 Å². The third-order valence-electron chi connectivity index (χ3n) is 3.59. The first-order chi connectivity index (χ1) is 8.58. The Morgan fingerprint density at radius 1 is 1.56 bits per heavy atom. The smallest absolute Gasteiger partial charge is 0.226 e. The molecule has 2 aromatic rings. The Kier molecular flexibility index (Phi) is 2.48. The predicted octanol–water partition coefficient (Wildman–Crippen LogP) is 2.23. The van der Waals surface area contributed by atoms with Gasteiger partial charge in [0.1, 0.15) is 0 Å². The van der Waals surface area contributed by atoms with E-state index >= 15 is 0 Å². The number of aromatic nitrogens is 1. The summed E-state index contributed by atoms with van der Waals surface area (Å²) in [4.78, 5) is 17.0. The fourth-order valence-electron chi connectivity index (χ4n) is 2.70. The minimum absolute atomic E-state index is 0.234. The third kappa shape index (κ3) is 1.56. The van der Waals surface area contributed by atoms with Gasteiger partial charge in [-0.15, -0.1) is 0 Å². The molecule has 4 nitrogen and oxygen atoms in total. The zero-order valence-electron chi connectivity index (χ0n) is 10.0. The number of hydrogen-bond donors (Lipinski definition) is 2. The van der Waals surface area contributed by atoms with Crippen LogP contribution in [-0.2, 0) is 4.79 Å². The molecular formula is C13H14ClN3O. The van der Waals surface area contributed by atoms with Crippen LogP contribution in [0.25, 0.3) is 10.9 Å². The Morgan fingerprint density at radius 3 is 3.06 bits per heavy atom. The number of carbonyl (C=O) groups excluding carboxylic acids is 1. The average molecular weight is 264 g/mol. The number of nitrogens with zero attached hydrogens (tertiary/aromatic N) is 1. The summed E-state index contributed by atoms with van der Waals surface area (Å²) < 4.78 is 0. The summed E-state index contributed by atoms with van der Waals surface area (Å²) in [5, 5.41) is 1.74. The first kappa shape index (κ1) is 11.4. The lowest BCUT2D eigenvalue weighted by Crippen LogP contribution is -2.32. The van der Waals surface area contributed by atoms with Crippen molar-refractivity contribution >= 4 is 34.1 Å². The van der Waals surface area contributed by atoms with Crippen molar-refractivity contribution in [1.29, 1.82) is 0 Å². The van der Waals surface area contributed by atoms with Gasteiger partial charge < -0.3 is 15.6 Å². The zero-order chi connectivity index (χ0) is 12.9. The molecule has 0 spiro atoms. The fourth-order valence-corrected chi connectivity index (χ4v) is 2.87. The maximum Gasteiger partial charge on any atom is 0.226 e. The van der Waals surface area contributed by atoms with Gasteiger partial charge in [0, 0.05) is 29.5 Å². The minimum atomic E-state index is -0.276. The second-order valence-electron chi connectivity index (χ2n) is 4.74. The standard InChI is InChI=1S/C13H14ClN3O/c1-17-5-4-8(13(15)18)11-12(17)9-6-7(14)2-3-10(9)16-11/h2-3,6,8,16H,4-5H2,1H3,(H2,15,18)/t8-/m0/s1. The van der Waals surface area contributed by atoms with Crippen LogP contribution in [0.3, 0.4) is 0 Å². The van der Waals surface area contributed by atoms with Crippen LogP contribution < -0.4 is 10.6 Å². The summed E-state index contributed by atoms with van der Waals surface area (Å²) in [5.74, 6) is -0.510. The van der Waals surface area contributed by atoms with Crippen LogP contribution in [-0.4, -0.2) is 24.5 Å². The molecule has 0 aliphatic carbocycles. The van der Waals surface area contributed by atoms with Crippen molar-refractivity contribution in [3.05, 3.63) is 28.9 Å². The number of fused-ring (bicyclic) bond motifs is 3. The molecule has 0 saturated carbocycles. The summed E-state index contributed by atoms with van der Waals surface area (Å²) >= 11 is 6.04. The van der Waals surface area contributed by atoms with Crippen LogP contribution >= 0.6 is 11.6 Å². The molecule has 18 heavy (non-hydrogen) atoms. The number of halogens is 1. The summed E-state index contributed by atoms with van der Waals surface area (Å²) in [7, 11) is 2.02. The van der Waals surface area contributed by atoms with Crippen molar-refractivity contribution in [3.63, 3.8) is 0 Å². The second-order valence-corrected chi connectivity index (χ2v) is 5.18. The number of benzene rings is 1. The van der Waals surface area contributed by atoms with Gasteiger partial charge in [0.05, 0.1) is 17.3 Å². The first-order valence-electron chi connectivity index (χ1n) is 5.89. The zero-order valence-corrected chi connectivity index (χ0v) is 10.8. The molecule has 1 aliphatic heterocycles. The second kappa shape index (κ2) is 3.92. The van der Waals surface area contributed by atoms with Crippen molar-refractivity contribution in [2.75, 3.05) is 18.5 Å². The maximum atomic E-state index is 11.5. The largest absolute Gasteiger partial charge is 0.373 e. The number of H-pyrrole nitrogens is 1. The maximum absolute atomic E-state index is 11.5. The Hall–Kier alpha value is -1.68. The molecule has 3 rings (SSSR count). The fraction of sp³-hybridized carbons (Fsp3) is 0.308. The quantitative estimate of drug-likeness (QED) is 0.829. The summed E-state index contributed by atoms with van der Waals surface area (Å²) in [6, 6.07) is 5.69. The molecule has 0 bridgehead atoms. The number of primary amides is 1. The van der Waals surface area contributed by atoms with Gasteiger partial charge in [-0.2, -0.15) is 0 Å². The van der Waals surface area contributed by atoms with Gasteiger partial charge in [-0.25, -0.2) is 0 Å².